The number of amides is 1. The molecule has 0 saturated heterocycles. The van der Waals surface area contributed by atoms with Crippen molar-refractivity contribution in [1.29, 1.82) is 0 Å². The predicted molar refractivity (Wildman–Crippen MR) is 112 cm³/mol. The zero-order valence-electron chi connectivity index (χ0n) is 17.2. The number of benzene rings is 1. The fourth-order valence-electron chi connectivity index (χ4n) is 3.65. The van der Waals surface area contributed by atoms with Crippen molar-refractivity contribution in [2.24, 2.45) is 0 Å². The third-order valence-corrected chi connectivity index (χ3v) is 5.29. The lowest BCUT2D eigenvalue weighted by atomic mass is 9.92. The number of hydrogen-bond donors (Lipinski definition) is 1. The quantitative estimate of drug-likeness (QED) is 0.733. The standard InChI is InChI=1S/C21H25N7O/c1-13-7-15(8-14-5-6-27(4)12-17(13)14)18-10-23-19(22)20(25-18)28-11-16(9-24-28)21(29)26(2)3/h7-11H,5-6,12H2,1-4H3,(H2,22,23). The molecule has 1 aliphatic heterocycles. The number of hydrogen-bond acceptors (Lipinski definition) is 6. The van der Waals surface area contributed by atoms with Gasteiger partial charge >= 0.3 is 0 Å². The van der Waals surface area contributed by atoms with E-state index in [1.165, 1.54) is 32.5 Å². The van der Waals surface area contributed by atoms with Gasteiger partial charge in [0.15, 0.2) is 11.6 Å². The van der Waals surface area contributed by atoms with Crippen LogP contribution in [0.1, 0.15) is 27.0 Å². The zero-order valence-corrected chi connectivity index (χ0v) is 17.2. The minimum Gasteiger partial charge on any atom is -0.381 e. The molecule has 0 fully saturated rings. The molecule has 0 unspecified atom stereocenters. The van der Waals surface area contributed by atoms with Gasteiger partial charge in [0.1, 0.15) is 0 Å². The minimum atomic E-state index is -0.130. The van der Waals surface area contributed by atoms with Crippen LogP contribution in [0.5, 0.6) is 0 Å². The van der Waals surface area contributed by atoms with Crippen molar-refractivity contribution in [3.8, 4) is 17.1 Å². The Morgan fingerprint density at radius 2 is 2.03 bits per heavy atom. The van der Waals surface area contributed by atoms with Gasteiger partial charge < -0.3 is 15.5 Å². The molecule has 8 nitrogen and oxygen atoms in total. The van der Waals surface area contributed by atoms with Gasteiger partial charge in [-0.15, -0.1) is 0 Å². The Balaban J connectivity index is 1.73. The average molecular weight is 391 g/mol. The van der Waals surface area contributed by atoms with Gasteiger partial charge in [-0.3, -0.25) is 4.79 Å². The topological polar surface area (TPSA) is 93.2 Å². The molecular weight excluding hydrogens is 366 g/mol. The molecule has 2 N–H and O–H groups in total. The van der Waals surface area contributed by atoms with E-state index in [1.807, 2.05) is 0 Å². The molecular formula is C21H25N7O. The van der Waals surface area contributed by atoms with Crippen LogP contribution in [-0.2, 0) is 13.0 Å². The lowest BCUT2D eigenvalue weighted by Gasteiger charge is -2.27. The second-order valence-corrected chi connectivity index (χ2v) is 7.76. The molecule has 0 atom stereocenters. The van der Waals surface area contributed by atoms with Crippen LogP contribution < -0.4 is 5.73 Å². The minimum absolute atomic E-state index is 0.130. The Hall–Kier alpha value is -3.26. The van der Waals surface area contributed by atoms with E-state index in [2.05, 4.69) is 41.1 Å². The molecule has 0 bridgehead atoms. The summed E-state index contributed by atoms with van der Waals surface area (Å²) in [6.07, 6.45) is 5.84. The van der Waals surface area contributed by atoms with E-state index in [0.717, 1.165) is 30.8 Å². The summed E-state index contributed by atoms with van der Waals surface area (Å²) < 4.78 is 1.50. The highest BCUT2D eigenvalue weighted by Gasteiger charge is 2.18. The summed E-state index contributed by atoms with van der Waals surface area (Å²) >= 11 is 0. The fraction of sp³-hybridized carbons (Fsp3) is 0.333. The van der Waals surface area contributed by atoms with Crippen LogP contribution in [0.2, 0.25) is 0 Å². The number of nitrogen functional groups attached to an aromatic ring is 1. The smallest absolute Gasteiger partial charge is 0.256 e. The molecule has 1 aromatic carbocycles. The maximum atomic E-state index is 12.2. The Labute approximate surface area is 170 Å². The van der Waals surface area contributed by atoms with Crippen molar-refractivity contribution < 1.29 is 4.79 Å². The maximum Gasteiger partial charge on any atom is 0.256 e. The third-order valence-electron chi connectivity index (χ3n) is 5.29. The number of nitrogens with two attached hydrogens (primary N) is 1. The van der Waals surface area contributed by atoms with Crippen molar-refractivity contribution in [2.75, 3.05) is 33.4 Å². The van der Waals surface area contributed by atoms with Crippen molar-refractivity contribution in [3.05, 3.63) is 53.0 Å². The van der Waals surface area contributed by atoms with Gasteiger partial charge in [0, 0.05) is 38.9 Å². The van der Waals surface area contributed by atoms with Gasteiger partial charge in [0.25, 0.3) is 5.91 Å². The maximum absolute atomic E-state index is 12.2. The highest BCUT2D eigenvalue weighted by atomic mass is 16.2. The number of rotatable bonds is 3. The van der Waals surface area contributed by atoms with E-state index in [9.17, 15) is 4.79 Å². The van der Waals surface area contributed by atoms with Gasteiger partial charge in [-0.2, -0.15) is 5.10 Å². The van der Waals surface area contributed by atoms with E-state index in [0.29, 0.717) is 11.4 Å². The Morgan fingerprint density at radius 1 is 1.24 bits per heavy atom. The molecule has 3 aromatic rings. The van der Waals surface area contributed by atoms with Gasteiger partial charge in [0.05, 0.1) is 23.7 Å². The molecule has 2 aromatic heterocycles. The van der Waals surface area contributed by atoms with E-state index in [1.54, 1.807) is 26.5 Å². The zero-order chi connectivity index (χ0) is 20.7. The van der Waals surface area contributed by atoms with Crippen LogP contribution in [0.3, 0.4) is 0 Å². The van der Waals surface area contributed by atoms with Gasteiger partial charge in [-0.25, -0.2) is 14.6 Å². The van der Waals surface area contributed by atoms with Gasteiger partial charge in [-0.05, 0) is 49.2 Å². The largest absolute Gasteiger partial charge is 0.381 e. The van der Waals surface area contributed by atoms with E-state index >= 15 is 0 Å². The monoisotopic (exact) mass is 391 g/mol. The van der Waals surface area contributed by atoms with Crippen LogP contribution in [0.15, 0.2) is 30.7 Å². The summed E-state index contributed by atoms with van der Waals surface area (Å²) in [5.41, 5.74) is 12.3. The summed E-state index contributed by atoms with van der Waals surface area (Å²) in [5, 5.41) is 4.26. The van der Waals surface area contributed by atoms with Crippen molar-refractivity contribution in [1.82, 2.24) is 29.5 Å². The average Bonchev–Trinajstić information content (AvgIpc) is 3.18. The molecule has 4 rings (SSSR count). The Morgan fingerprint density at radius 3 is 2.79 bits per heavy atom. The summed E-state index contributed by atoms with van der Waals surface area (Å²) in [7, 11) is 5.54. The highest BCUT2D eigenvalue weighted by Crippen LogP contribution is 2.29. The first-order valence-corrected chi connectivity index (χ1v) is 9.54. The summed E-state index contributed by atoms with van der Waals surface area (Å²) in [6.45, 7) is 4.15. The van der Waals surface area contributed by atoms with Crippen LogP contribution in [0.4, 0.5) is 5.82 Å². The number of carbonyl (C=O) groups excluding carboxylic acids is 1. The number of aromatic nitrogens is 4. The number of carbonyl (C=O) groups is 1. The molecule has 0 radical (unpaired) electrons. The third kappa shape index (κ3) is 3.58. The lowest BCUT2D eigenvalue weighted by molar-refractivity contribution is 0.0827. The molecule has 1 amide bonds. The van der Waals surface area contributed by atoms with Crippen molar-refractivity contribution in [3.63, 3.8) is 0 Å². The molecule has 3 heterocycles. The second-order valence-electron chi connectivity index (χ2n) is 7.76. The van der Waals surface area contributed by atoms with Crippen LogP contribution in [-0.4, -0.2) is 63.1 Å². The van der Waals surface area contributed by atoms with Gasteiger partial charge in [0.2, 0.25) is 0 Å². The molecule has 1 aliphatic rings. The predicted octanol–water partition coefficient (Wildman–Crippen LogP) is 1.91. The van der Waals surface area contributed by atoms with E-state index in [4.69, 9.17) is 10.7 Å². The first-order valence-electron chi connectivity index (χ1n) is 9.54. The molecule has 0 saturated carbocycles. The number of fused-ring (bicyclic) bond motifs is 1. The first kappa shape index (κ1) is 19.1. The van der Waals surface area contributed by atoms with Crippen molar-refractivity contribution in [2.45, 2.75) is 19.9 Å². The molecule has 29 heavy (non-hydrogen) atoms. The molecule has 8 heteroatoms. The highest BCUT2D eigenvalue weighted by molar-refractivity contribution is 5.93. The van der Waals surface area contributed by atoms with Crippen molar-refractivity contribution >= 4 is 11.7 Å². The van der Waals surface area contributed by atoms with Crippen LogP contribution >= 0.6 is 0 Å². The number of nitrogens with zero attached hydrogens (tertiary/aromatic N) is 6. The van der Waals surface area contributed by atoms with Crippen LogP contribution in [0.25, 0.3) is 17.1 Å². The summed E-state index contributed by atoms with van der Waals surface area (Å²) in [5.74, 6) is 0.543. The SMILES string of the molecule is Cc1cc(-c2cnc(N)c(-n3cc(C(=O)N(C)C)cn3)n2)cc2c1CN(C)CC2. The molecule has 0 spiro atoms. The normalized spacial score (nSPS) is 13.9. The number of likely N-dealkylation sites (N-methyl/N-ethyl adjacent to an activating group) is 1. The van der Waals surface area contributed by atoms with E-state index < -0.39 is 0 Å². The summed E-state index contributed by atoms with van der Waals surface area (Å²) in [6, 6.07) is 4.34. The molecule has 0 aliphatic carbocycles. The number of aryl methyl sites for hydroxylation is 1. The second kappa shape index (κ2) is 7.29. The Bertz CT molecular complexity index is 1090. The first-order chi connectivity index (χ1) is 13.8. The van der Waals surface area contributed by atoms with E-state index in [-0.39, 0.29) is 11.7 Å². The fourth-order valence-corrected chi connectivity index (χ4v) is 3.65. The lowest BCUT2D eigenvalue weighted by Crippen LogP contribution is -2.27. The number of anilines is 1. The van der Waals surface area contributed by atoms with Gasteiger partial charge in [-0.1, -0.05) is 0 Å². The Kier molecular flexibility index (Phi) is 4.79. The summed E-state index contributed by atoms with van der Waals surface area (Å²) in [4.78, 5) is 25.0. The van der Waals surface area contributed by atoms with Crippen LogP contribution in [0, 0.1) is 6.92 Å². The molecule has 150 valence electrons.